The van der Waals surface area contributed by atoms with Crippen molar-refractivity contribution in [2.24, 2.45) is 21.0 Å². The zero-order valence-corrected chi connectivity index (χ0v) is 14.5. The number of nitrogens with one attached hydrogen (secondary N) is 1. The number of hydrazone groups is 1. The highest BCUT2D eigenvalue weighted by molar-refractivity contribution is 5.87. The molecule has 0 saturated carbocycles. The lowest BCUT2D eigenvalue weighted by molar-refractivity contribution is 0.414. The Morgan fingerprint density at radius 1 is 0.923 bits per heavy atom. The molecule has 7 N–H and O–H groups in total. The number of rotatable bonds is 6. The number of guanidine groups is 1. The lowest BCUT2D eigenvalue weighted by atomic mass is 10.2. The van der Waals surface area contributed by atoms with Crippen molar-refractivity contribution >= 4 is 29.8 Å². The molecule has 0 atom stereocenters. The number of benzene rings is 2. The summed E-state index contributed by atoms with van der Waals surface area (Å²) in [5, 5.41) is 11.7. The molecular weight excluding hydrogens is 334 g/mol. The molecule has 0 bridgehead atoms. The lowest BCUT2D eigenvalue weighted by Crippen LogP contribution is -2.26. The minimum Gasteiger partial charge on any atom is -0.496 e. The fourth-order valence-corrected chi connectivity index (χ4v) is 2.01. The van der Waals surface area contributed by atoms with Gasteiger partial charge in [-0.25, -0.2) is 5.43 Å². The number of nitrogens with two attached hydrogens (primary N) is 3. The Labute approximate surface area is 151 Å². The maximum atomic E-state index is 5.70. The first-order chi connectivity index (χ1) is 12.5. The molecule has 0 fully saturated rings. The quantitative estimate of drug-likeness (QED) is 0.264. The van der Waals surface area contributed by atoms with Crippen molar-refractivity contribution < 1.29 is 9.47 Å². The largest absolute Gasteiger partial charge is 0.496 e. The molecule has 9 heteroatoms. The fourth-order valence-electron chi connectivity index (χ4n) is 2.01. The van der Waals surface area contributed by atoms with Gasteiger partial charge in [0.25, 0.3) is 0 Å². The fraction of sp³-hybridized carbons (Fsp3) is 0.118. The van der Waals surface area contributed by atoms with E-state index in [1.165, 1.54) is 12.4 Å². The van der Waals surface area contributed by atoms with Crippen LogP contribution in [-0.2, 0) is 0 Å². The van der Waals surface area contributed by atoms with Gasteiger partial charge in [-0.1, -0.05) is 0 Å². The first kappa shape index (κ1) is 18.6. The normalized spacial score (nSPS) is 11.8. The second-order valence-electron chi connectivity index (χ2n) is 5.10. The van der Waals surface area contributed by atoms with Crippen LogP contribution in [0.2, 0.25) is 0 Å². The number of methoxy groups -OCH3 is 2. The molecule has 0 unspecified atom stereocenters. The Kier molecular flexibility index (Phi) is 6.38. The molecule has 2 aromatic rings. The molecule has 136 valence electrons. The molecule has 9 nitrogen and oxygen atoms in total. The Morgan fingerprint density at radius 2 is 1.46 bits per heavy atom. The van der Waals surface area contributed by atoms with Crippen molar-refractivity contribution in [1.29, 1.82) is 0 Å². The first-order valence-corrected chi connectivity index (χ1v) is 7.56. The molecule has 0 spiro atoms. The topological polar surface area (TPSA) is 146 Å². The van der Waals surface area contributed by atoms with Crippen molar-refractivity contribution in [3.63, 3.8) is 0 Å². The minimum atomic E-state index is 0.0151. The van der Waals surface area contributed by atoms with E-state index in [4.69, 9.17) is 26.7 Å². The van der Waals surface area contributed by atoms with Gasteiger partial charge in [0.1, 0.15) is 11.5 Å². The third-order valence-corrected chi connectivity index (χ3v) is 3.26. The van der Waals surface area contributed by atoms with E-state index in [9.17, 15) is 0 Å². The third-order valence-electron chi connectivity index (χ3n) is 3.26. The molecular formula is C17H21N7O2. The van der Waals surface area contributed by atoms with Gasteiger partial charge in [0, 0.05) is 34.6 Å². The Morgan fingerprint density at radius 3 is 2.00 bits per heavy atom. The first-order valence-electron chi connectivity index (χ1n) is 7.56. The van der Waals surface area contributed by atoms with Crippen LogP contribution in [-0.4, -0.2) is 32.6 Å². The SMILES string of the molecule is COc1cc(N)ccc1C=NN=C(N)NN=Cc1ccc(N)cc1OC. The van der Waals surface area contributed by atoms with Gasteiger partial charge in [0.15, 0.2) is 0 Å². The average molecular weight is 355 g/mol. The maximum Gasteiger partial charge on any atom is 0.234 e. The number of hydrogen-bond donors (Lipinski definition) is 4. The monoisotopic (exact) mass is 355 g/mol. The van der Waals surface area contributed by atoms with Crippen LogP contribution >= 0.6 is 0 Å². The number of anilines is 2. The summed E-state index contributed by atoms with van der Waals surface area (Å²) in [6, 6.07) is 10.4. The predicted molar refractivity (Wildman–Crippen MR) is 105 cm³/mol. The van der Waals surface area contributed by atoms with E-state index in [1.54, 1.807) is 50.6 Å². The summed E-state index contributed by atoms with van der Waals surface area (Å²) in [5.74, 6) is 1.20. The van der Waals surface area contributed by atoms with Gasteiger partial charge < -0.3 is 26.7 Å². The van der Waals surface area contributed by atoms with Crippen LogP contribution in [0.15, 0.2) is 51.7 Å². The van der Waals surface area contributed by atoms with Crippen LogP contribution in [0.1, 0.15) is 11.1 Å². The molecule has 0 saturated heterocycles. The van der Waals surface area contributed by atoms with Gasteiger partial charge in [-0.3, -0.25) is 0 Å². The summed E-state index contributed by atoms with van der Waals surface area (Å²) < 4.78 is 10.4. The van der Waals surface area contributed by atoms with Gasteiger partial charge >= 0.3 is 0 Å². The lowest BCUT2D eigenvalue weighted by Gasteiger charge is -2.05. The highest BCUT2D eigenvalue weighted by atomic mass is 16.5. The molecule has 0 aliphatic heterocycles. The number of nitrogens with zero attached hydrogens (tertiary/aromatic N) is 3. The standard InChI is InChI=1S/C17H21N7O2/c1-25-15-7-13(18)5-3-11(15)9-21-23-17(20)24-22-10-12-4-6-14(19)8-16(12)26-2/h3-10H,18-19H2,1-2H3,(H3,20,23,24). The van der Waals surface area contributed by atoms with Crippen molar-refractivity contribution in [3.8, 4) is 11.5 Å². The van der Waals surface area contributed by atoms with Gasteiger partial charge in [-0.2, -0.15) is 10.2 Å². The molecule has 0 aliphatic carbocycles. The highest BCUT2D eigenvalue weighted by Gasteiger charge is 2.01. The summed E-state index contributed by atoms with van der Waals surface area (Å²) in [7, 11) is 3.10. The molecule has 2 rings (SSSR count). The van der Waals surface area contributed by atoms with Gasteiger partial charge in [0.05, 0.1) is 26.6 Å². The second kappa shape index (κ2) is 8.92. The minimum absolute atomic E-state index is 0.0151. The van der Waals surface area contributed by atoms with E-state index in [0.29, 0.717) is 28.4 Å². The van der Waals surface area contributed by atoms with Crippen LogP contribution in [0.25, 0.3) is 0 Å². The molecule has 0 amide bonds. The van der Waals surface area contributed by atoms with Gasteiger partial charge in [0.2, 0.25) is 5.96 Å². The Balaban J connectivity index is 2.00. The summed E-state index contributed by atoms with van der Waals surface area (Å²) in [6.45, 7) is 0. The van der Waals surface area contributed by atoms with E-state index in [1.807, 2.05) is 0 Å². The van der Waals surface area contributed by atoms with Crippen LogP contribution in [0.5, 0.6) is 11.5 Å². The van der Waals surface area contributed by atoms with Crippen LogP contribution in [0.4, 0.5) is 11.4 Å². The third kappa shape index (κ3) is 5.13. The number of nitrogen functional groups attached to an aromatic ring is 2. The average Bonchev–Trinajstić information content (AvgIpc) is 2.63. The summed E-state index contributed by atoms with van der Waals surface area (Å²) in [5.41, 5.74) is 22.3. The van der Waals surface area contributed by atoms with Crippen molar-refractivity contribution in [1.82, 2.24) is 5.43 Å². The zero-order chi connectivity index (χ0) is 18.9. The molecule has 0 radical (unpaired) electrons. The smallest absolute Gasteiger partial charge is 0.234 e. The number of ether oxygens (including phenoxy) is 2. The molecule has 26 heavy (non-hydrogen) atoms. The molecule has 2 aromatic carbocycles. The van der Waals surface area contributed by atoms with E-state index < -0.39 is 0 Å². The van der Waals surface area contributed by atoms with E-state index in [0.717, 1.165) is 5.56 Å². The highest BCUT2D eigenvalue weighted by Crippen LogP contribution is 2.20. The van der Waals surface area contributed by atoms with Gasteiger partial charge in [-0.15, -0.1) is 5.10 Å². The summed E-state index contributed by atoms with van der Waals surface area (Å²) >= 11 is 0. The van der Waals surface area contributed by atoms with Crippen LogP contribution in [0, 0.1) is 0 Å². The zero-order valence-electron chi connectivity index (χ0n) is 14.5. The van der Waals surface area contributed by atoms with Crippen LogP contribution in [0.3, 0.4) is 0 Å². The maximum absolute atomic E-state index is 5.70. The van der Waals surface area contributed by atoms with E-state index in [2.05, 4.69) is 20.7 Å². The number of hydrogen-bond acceptors (Lipinski definition) is 7. The van der Waals surface area contributed by atoms with Crippen molar-refractivity contribution in [2.75, 3.05) is 25.7 Å². The van der Waals surface area contributed by atoms with Crippen molar-refractivity contribution in [3.05, 3.63) is 47.5 Å². The van der Waals surface area contributed by atoms with Crippen LogP contribution < -0.4 is 32.1 Å². The van der Waals surface area contributed by atoms with Crippen molar-refractivity contribution in [2.45, 2.75) is 0 Å². The molecule has 0 aromatic heterocycles. The Hall–Kier alpha value is -3.75. The predicted octanol–water partition coefficient (Wildman–Crippen LogP) is 1.14. The second-order valence-corrected chi connectivity index (χ2v) is 5.10. The molecule has 0 aliphatic rings. The van der Waals surface area contributed by atoms with E-state index >= 15 is 0 Å². The Bertz CT molecular complexity index is 847. The van der Waals surface area contributed by atoms with E-state index in [-0.39, 0.29) is 5.96 Å². The van der Waals surface area contributed by atoms with Gasteiger partial charge in [-0.05, 0) is 24.3 Å². The summed E-state index contributed by atoms with van der Waals surface area (Å²) in [4.78, 5) is 0. The molecule has 0 heterocycles. The summed E-state index contributed by atoms with van der Waals surface area (Å²) in [6.07, 6.45) is 3.03.